The minimum absolute atomic E-state index is 0.821. The third-order valence-corrected chi connectivity index (χ3v) is 3.95. The van der Waals surface area contributed by atoms with Crippen molar-refractivity contribution in [2.24, 2.45) is 0 Å². The third kappa shape index (κ3) is 3.65. The van der Waals surface area contributed by atoms with Gasteiger partial charge >= 0.3 is 0 Å². The molecule has 0 spiro atoms. The molecule has 0 saturated carbocycles. The van der Waals surface area contributed by atoms with Gasteiger partial charge in [0.15, 0.2) is 0 Å². The molecule has 0 aliphatic heterocycles. The molecule has 3 heterocycles. The first-order chi connectivity index (χ1) is 11.7. The highest BCUT2D eigenvalue weighted by molar-refractivity contribution is 5.63. The number of aryl methyl sites for hydroxylation is 3. The Kier molecular flexibility index (Phi) is 4.94. The number of nitrogens with zero attached hydrogens (tertiary/aromatic N) is 4. The van der Waals surface area contributed by atoms with E-state index in [2.05, 4.69) is 33.2 Å². The van der Waals surface area contributed by atoms with Crippen LogP contribution in [0.3, 0.4) is 0 Å². The van der Waals surface area contributed by atoms with Gasteiger partial charge in [-0.3, -0.25) is 9.97 Å². The van der Waals surface area contributed by atoms with Crippen LogP contribution in [-0.4, -0.2) is 20.2 Å². The maximum atomic E-state index is 4.61. The van der Waals surface area contributed by atoms with Gasteiger partial charge in [0, 0.05) is 11.4 Å². The summed E-state index contributed by atoms with van der Waals surface area (Å²) in [4.78, 5) is 9.17. The Hall–Kier alpha value is -2.62. The topological polar surface area (TPSA) is 51.6 Å². The predicted molar refractivity (Wildman–Crippen MR) is 96.6 cm³/mol. The van der Waals surface area contributed by atoms with Crippen molar-refractivity contribution in [1.29, 1.82) is 0 Å². The van der Waals surface area contributed by atoms with E-state index in [0.29, 0.717) is 0 Å². The molecule has 4 nitrogen and oxygen atoms in total. The van der Waals surface area contributed by atoms with Gasteiger partial charge in [-0.25, -0.2) is 0 Å². The van der Waals surface area contributed by atoms with E-state index in [4.69, 9.17) is 0 Å². The SMILES string of the molecule is CCCCc1cc(-c2cccc(C)n2)nnc1-c1cccc(C)n1. The van der Waals surface area contributed by atoms with Crippen molar-refractivity contribution in [1.82, 2.24) is 20.2 Å². The molecule has 0 radical (unpaired) electrons. The number of rotatable bonds is 5. The lowest BCUT2D eigenvalue weighted by molar-refractivity contribution is 0.788. The summed E-state index contributed by atoms with van der Waals surface area (Å²) in [6.07, 6.45) is 3.22. The summed E-state index contributed by atoms with van der Waals surface area (Å²) >= 11 is 0. The van der Waals surface area contributed by atoms with Crippen LogP contribution in [0.2, 0.25) is 0 Å². The van der Waals surface area contributed by atoms with Gasteiger partial charge in [0.05, 0.1) is 11.4 Å². The lowest BCUT2D eigenvalue weighted by Gasteiger charge is -2.10. The van der Waals surface area contributed by atoms with Crippen LogP contribution < -0.4 is 0 Å². The predicted octanol–water partition coefficient (Wildman–Crippen LogP) is 4.56. The number of pyridine rings is 2. The van der Waals surface area contributed by atoms with Crippen molar-refractivity contribution < 1.29 is 0 Å². The van der Waals surface area contributed by atoms with Crippen LogP contribution in [0.4, 0.5) is 0 Å². The van der Waals surface area contributed by atoms with Crippen molar-refractivity contribution >= 4 is 0 Å². The molecule has 3 aromatic rings. The zero-order chi connectivity index (χ0) is 16.9. The van der Waals surface area contributed by atoms with E-state index in [0.717, 1.165) is 53.4 Å². The second-order valence-electron chi connectivity index (χ2n) is 6.04. The summed E-state index contributed by atoms with van der Waals surface area (Å²) in [6, 6.07) is 14.1. The monoisotopic (exact) mass is 318 g/mol. The molecule has 0 aliphatic rings. The molecule has 0 amide bonds. The minimum Gasteiger partial charge on any atom is -0.251 e. The Balaban J connectivity index is 2.06. The quantitative estimate of drug-likeness (QED) is 0.692. The highest BCUT2D eigenvalue weighted by Gasteiger charge is 2.12. The van der Waals surface area contributed by atoms with Gasteiger partial charge in [0.25, 0.3) is 0 Å². The van der Waals surface area contributed by atoms with Crippen molar-refractivity contribution in [2.45, 2.75) is 40.0 Å². The normalized spacial score (nSPS) is 10.8. The van der Waals surface area contributed by atoms with Crippen LogP contribution in [0.5, 0.6) is 0 Å². The van der Waals surface area contributed by atoms with E-state index in [-0.39, 0.29) is 0 Å². The van der Waals surface area contributed by atoms with Crippen LogP contribution >= 0.6 is 0 Å². The van der Waals surface area contributed by atoms with Gasteiger partial charge in [0.1, 0.15) is 11.4 Å². The largest absolute Gasteiger partial charge is 0.251 e. The molecule has 0 saturated heterocycles. The highest BCUT2D eigenvalue weighted by Crippen LogP contribution is 2.24. The Morgan fingerprint density at radius 1 is 0.792 bits per heavy atom. The van der Waals surface area contributed by atoms with Crippen LogP contribution in [0.15, 0.2) is 42.5 Å². The third-order valence-electron chi connectivity index (χ3n) is 3.95. The first kappa shape index (κ1) is 16.2. The van der Waals surface area contributed by atoms with E-state index < -0.39 is 0 Å². The molecule has 0 aromatic carbocycles. The second-order valence-corrected chi connectivity index (χ2v) is 6.04. The molecule has 0 bridgehead atoms. The second kappa shape index (κ2) is 7.30. The van der Waals surface area contributed by atoms with Crippen LogP contribution in [-0.2, 0) is 6.42 Å². The molecule has 4 heteroatoms. The fraction of sp³-hybridized carbons (Fsp3) is 0.300. The maximum Gasteiger partial charge on any atom is 0.115 e. The summed E-state index contributed by atoms with van der Waals surface area (Å²) in [5.74, 6) is 0. The summed E-state index contributed by atoms with van der Waals surface area (Å²) in [6.45, 7) is 6.18. The zero-order valence-corrected chi connectivity index (χ0v) is 14.5. The minimum atomic E-state index is 0.821. The van der Waals surface area contributed by atoms with Gasteiger partial charge in [-0.2, -0.15) is 0 Å². The molecule has 0 fully saturated rings. The average Bonchev–Trinajstić information content (AvgIpc) is 2.59. The number of hydrogen-bond donors (Lipinski definition) is 0. The standard InChI is InChI=1S/C20H22N4/c1-4-5-10-16-13-19(17-11-6-8-14(2)21-17)23-24-20(16)18-12-7-9-15(3)22-18/h6-9,11-13H,4-5,10H2,1-3H3. The first-order valence-electron chi connectivity index (χ1n) is 8.42. The first-order valence-corrected chi connectivity index (χ1v) is 8.42. The molecule has 0 aliphatic carbocycles. The van der Waals surface area contributed by atoms with E-state index in [1.807, 2.05) is 50.2 Å². The molecule has 3 rings (SSSR count). The van der Waals surface area contributed by atoms with Gasteiger partial charge in [-0.05, 0) is 62.6 Å². The molecule has 3 aromatic heterocycles. The van der Waals surface area contributed by atoms with Crippen LogP contribution in [0.25, 0.3) is 22.8 Å². The summed E-state index contributed by atoms with van der Waals surface area (Å²) in [7, 11) is 0. The number of hydrogen-bond acceptors (Lipinski definition) is 4. The van der Waals surface area contributed by atoms with Gasteiger partial charge in [0.2, 0.25) is 0 Å². The van der Waals surface area contributed by atoms with E-state index >= 15 is 0 Å². The summed E-state index contributed by atoms with van der Waals surface area (Å²) in [5, 5.41) is 8.91. The smallest absolute Gasteiger partial charge is 0.115 e. The van der Waals surface area contributed by atoms with Crippen LogP contribution in [0, 0.1) is 13.8 Å². The van der Waals surface area contributed by atoms with Gasteiger partial charge in [-0.1, -0.05) is 25.5 Å². The zero-order valence-electron chi connectivity index (χ0n) is 14.5. The summed E-state index contributed by atoms with van der Waals surface area (Å²) in [5.41, 5.74) is 6.60. The number of aromatic nitrogens is 4. The lowest BCUT2D eigenvalue weighted by Crippen LogP contribution is -2.01. The van der Waals surface area contributed by atoms with Crippen LogP contribution in [0.1, 0.15) is 36.7 Å². The van der Waals surface area contributed by atoms with Gasteiger partial charge < -0.3 is 0 Å². The Labute approximate surface area is 143 Å². The van der Waals surface area contributed by atoms with Crippen molar-refractivity contribution in [3.05, 3.63) is 59.4 Å². The van der Waals surface area contributed by atoms with Crippen molar-refractivity contribution in [3.63, 3.8) is 0 Å². The van der Waals surface area contributed by atoms with E-state index in [1.54, 1.807) is 0 Å². The molecule has 24 heavy (non-hydrogen) atoms. The average molecular weight is 318 g/mol. The molecular formula is C20H22N4. The van der Waals surface area contributed by atoms with Gasteiger partial charge in [-0.15, -0.1) is 10.2 Å². The fourth-order valence-electron chi connectivity index (χ4n) is 2.69. The molecule has 0 atom stereocenters. The fourth-order valence-corrected chi connectivity index (χ4v) is 2.69. The highest BCUT2D eigenvalue weighted by atomic mass is 15.1. The van der Waals surface area contributed by atoms with Crippen molar-refractivity contribution in [3.8, 4) is 22.8 Å². The van der Waals surface area contributed by atoms with E-state index in [1.165, 1.54) is 5.56 Å². The Morgan fingerprint density at radius 3 is 2.12 bits per heavy atom. The molecule has 122 valence electrons. The van der Waals surface area contributed by atoms with E-state index in [9.17, 15) is 0 Å². The Bertz CT molecular complexity index is 843. The summed E-state index contributed by atoms with van der Waals surface area (Å²) < 4.78 is 0. The van der Waals surface area contributed by atoms with Crippen molar-refractivity contribution in [2.75, 3.05) is 0 Å². The molecule has 0 unspecified atom stereocenters. The molecular weight excluding hydrogens is 296 g/mol. The lowest BCUT2D eigenvalue weighted by atomic mass is 10.0. The molecule has 0 N–H and O–H groups in total. The number of unbranched alkanes of at least 4 members (excludes halogenated alkanes) is 1. The Morgan fingerprint density at radius 2 is 1.46 bits per heavy atom. The maximum absolute atomic E-state index is 4.61.